The van der Waals surface area contributed by atoms with Crippen molar-refractivity contribution in [2.45, 2.75) is 19.4 Å². The molecule has 1 aliphatic heterocycles. The fourth-order valence-electron chi connectivity index (χ4n) is 3.08. The molecule has 0 bridgehead atoms. The van der Waals surface area contributed by atoms with E-state index in [4.69, 9.17) is 13.9 Å². The lowest BCUT2D eigenvalue weighted by Gasteiger charge is -2.17. The summed E-state index contributed by atoms with van der Waals surface area (Å²) < 4.78 is 16.1. The topological polar surface area (TPSA) is 94.8 Å². The number of carbonyl (C=O) groups is 3. The van der Waals surface area contributed by atoms with E-state index in [1.807, 2.05) is 30.3 Å². The third kappa shape index (κ3) is 4.57. The van der Waals surface area contributed by atoms with Crippen LogP contribution in [0, 0.1) is 0 Å². The molecular formula is C23H19NO6. The smallest absolute Gasteiger partial charge is 0.374 e. The van der Waals surface area contributed by atoms with Gasteiger partial charge >= 0.3 is 5.97 Å². The number of hydrogen-bond acceptors (Lipinski definition) is 6. The van der Waals surface area contributed by atoms with E-state index < -0.39 is 12.6 Å². The van der Waals surface area contributed by atoms with Gasteiger partial charge in [-0.2, -0.15) is 0 Å². The summed E-state index contributed by atoms with van der Waals surface area (Å²) in [5.41, 5.74) is 2.02. The molecule has 2 aromatic carbocycles. The Kier molecular flexibility index (Phi) is 5.61. The average Bonchev–Trinajstić information content (AvgIpc) is 3.25. The highest BCUT2D eigenvalue weighted by Crippen LogP contribution is 2.24. The number of fused-ring (bicyclic) bond motifs is 1. The fourth-order valence-corrected chi connectivity index (χ4v) is 3.08. The molecule has 1 aliphatic rings. The van der Waals surface area contributed by atoms with E-state index in [0.29, 0.717) is 35.6 Å². The first kappa shape index (κ1) is 19.4. The van der Waals surface area contributed by atoms with Gasteiger partial charge < -0.3 is 19.2 Å². The molecule has 1 aromatic heterocycles. The zero-order valence-corrected chi connectivity index (χ0v) is 16.1. The largest absolute Gasteiger partial charge is 0.486 e. The van der Waals surface area contributed by atoms with Crippen molar-refractivity contribution in [2.24, 2.45) is 0 Å². The van der Waals surface area contributed by atoms with Gasteiger partial charge in [0.2, 0.25) is 11.7 Å². The number of Topliss-reactive ketones (excluding diaryl/α,β-unsaturated/α-hetero) is 1. The zero-order valence-electron chi connectivity index (χ0n) is 16.1. The molecule has 0 spiro atoms. The Labute approximate surface area is 172 Å². The van der Waals surface area contributed by atoms with Gasteiger partial charge in [0.1, 0.15) is 18.1 Å². The van der Waals surface area contributed by atoms with Crippen LogP contribution >= 0.6 is 0 Å². The predicted octanol–water partition coefficient (Wildman–Crippen LogP) is 3.78. The van der Waals surface area contributed by atoms with E-state index in [1.165, 1.54) is 6.07 Å². The van der Waals surface area contributed by atoms with Gasteiger partial charge in [0.05, 0.1) is 0 Å². The molecule has 4 rings (SSSR count). The lowest BCUT2D eigenvalue weighted by atomic mass is 9.99. The summed E-state index contributed by atoms with van der Waals surface area (Å²) in [5.74, 6) is 0.0639. The Morgan fingerprint density at radius 1 is 1.00 bits per heavy atom. The molecule has 0 fully saturated rings. The van der Waals surface area contributed by atoms with Crippen molar-refractivity contribution in [1.82, 2.24) is 0 Å². The van der Waals surface area contributed by atoms with Gasteiger partial charge in [-0.1, -0.05) is 18.2 Å². The van der Waals surface area contributed by atoms with Crippen LogP contribution in [-0.2, 0) is 22.6 Å². The number of aryl methyl sites for hydroxylation is 1. The van der Waals surface area contributed by atoms with Gasteiger partial charge in [-0.3, -0.25) is 9.59 Å². The molecule has 0 aliphatic carbocycles. The number of para-hydroxylation sites is 1. The Morgan fingerprint density at radius 2 is 1.83 bits per heavy atom. The van der Waals surface area contributed by atoms with Gasteiger partial charge in [0.25, 0.3) is 0 Å². The lowest BCUT2D eigenvalue weighted by molar-refractivity contribution is -0.116. The van der Waals surface area contributed by atoms with E-state index in [1.54, 1.807) is 24.3 Å². The molecule has 0 saturated heterocycles. The molecule has 1 N–H and O–H groups in total. The molecule has 3 aromatic rings. The number of ether oxygens (including phenoxy) is 2. The van der Waals surface area contributed by atoms with Crippen LogP contribution < -0.4 is 10.1 Å². The minimum atomic E-state index is -0.723. The summed E-state index contributed by atoms with van der Waals surface area (Å²) in [7, 11) is 0. The highest BCUT2D eigenvalue weighted by atomic mass is 16.5. The quantitative estimate of drug-likeness (QED) is 0.475. The van der Waals surface area contributed by atoms with Crippen molar-refractivity contribution in [3.8, 4) is 5.75 Å². The number of amides is 1. The lowest BCUT2D eigenvalue weighted by Crippen LogP contribution is -2.20. The summed E-state index contributed by atoms with van der Waals surface area (Å²) in [6.07, 6.45) is 0.955. The monoisotopic (exact) mass is 405 g/mol. The second-order valence-electron chi connectivity index (χ2n) is 6.79. The average molecular weight is 405 g/mol. The van der Waals surface area contributed by atoms with Crippen LogP contribution in [0.5, 0.6) is 5.75 Å². The normalized spacial score (nSPS) is 12.6. The van der Waals surface area contributed by atoms with Crippen molar-refractivity contribution in [3.63, 3.8) is 0 Å². The van der Waals surface area contributed by atoms with Crippen molar-refractivity contribution in [1.29, 1.82) is 0 Å². The Hall–Kier alpha value is -3.87. The van der Waals surface area contributed by atoms with E-state index in [0.717, 1.165) is 5.56 Å². The minimum absolute atomic E-state index is 0.00242. The summed E-state index contributed by atoms with van der Waals surface area (Å²) in [6, 6.07) is 17.4. The second-order valence-corrected chi connectivity index (χ2v) is 6.79. The third-order valence-corrected chi connectivity index (χ3v) is 4.64. The molecule has 7 heteroatoms. The Balaban J connectivity index is 1.31. The van der Waals surface area contributed by atoms with Gasteiger partial charge in [-0.15, -0.1) is 0 Å². The molecule has 0 unspecified atom stereocenters. The van der Waals surface area contributed by atoms with Crippen molar-refractivity contribution in [3.05, 3.63) is 83.3 Å². The van der Waals surface area contributed by atoms with Crippen molar-refractivity contribution >= 4 is 23.3 Å². The zero-order chi connectivity index (χ0) is 20.9. The van der Waals surface area contributed by atoms with Gasteiger partial charge in [0, 0.05) is 17.7 Å². The maximum Gasteiger partial charge on any atom is 0.374 e. The Bertz CT molecular complexity index is 1090. The number of ketones is 1. The summed E-state index contributed by atoms with van der Waals surface area (Å²) in [6.45, 7) is -0.234. The van der Waals surface area contributed by atoms with Crippen LogP contribution in [0.25, 0.3) is 0 Å². The van der Waals surface area contributed by atoms with Crippen LogP contribution in [0.15, 0.2) is 65.1 Å². The number of benzene rings is 2. The standard InChI is InChI=1S/C23H19NO6/c25-20(16-6-9-19-15(12-16)7-11-22(26)24-19)14-29-23(27)21-10-8-18(30-21)13-28-17-4-2-1-3-5-17/h1-6,8-10,12H,7,11,13-14H2,(H,24,26). The number of anilines is 1. The predicted molar refractivity (Wildman–Crippen MR) is 107 cm³/mol. The van der Waals surface area contributed by atoms with Gasteiger partial charge in [0.15, 0.2) is 12.4 Å². The molecule has 30 heavy (non-hydrogen) atoms. The highest BCUT2D eigenvalue weighted by molar-refractivity contribution is 6.00. The molecule has 0 atom stereocenters. The SMILES string of the molecule is O=C1CCc2cc(C(=O)COC(=O)c3ccc(COc4ccccc4)o3)ccc2N1. The molecule has 152 valence electrons. The third-order valence-electron chi connectivity index (χ3n) is 4.64. The van der Waals surface area contributed by atoms with Crippen molar-refractivity contribution < 1.29 is 28.3 Å². The molecule has 0 radical (unpaired) electrons. The van der Waals surface area contributed by atoms with Gasteiger partial charge in [-0.25, -0.2) is 4.79 Å². The first-order chi connectivity index (χ1) is 14.6. The van der Waals surface area contributed by atoms with Crippen LogP contribution in [0.3, 0.4) is 0 Å². The van der Waals surface area contributed by atoms with E-state index >= 15 is 0 Å². The van der Waals surface area contributed by atoms with Crippen LogP contribution in [-0.4, -0.2) is 24.3 Å². The highest BCUT2D eigenvalue weighted by Gasteiger charge is 2.19. The van der Waals surface area contributed by atoms with Crippen LogP contribution in [0.2, 0.25) is 0 Å². The fraction of sp³-hybridized carbons (Fsp3) is 0.174. The molecule has 0 saturated carbocycles. The minimum Gasteiger partial charge on any atom is -0.486 e. The summed E-state index contributed by atoms with van der Waals surface area (Å²) >= 11 is 0. The number of furan rings is 1. The number of carbonyl (C=O) groups excluding carboxylic acids is 3. The number of esters is 1. The molecule has 1 amide bonds. The first-order valence-corrected chi connectivity index (χ1v) is 9.48. The second kappa shape index (κ2) is 8.65. The number of hydrogen-bond donors (Lipinski definition) is 1. The number of rotatable bonds is 7. The molecular weight excluding hydrogens is 386 g/mol. The van der Waals surface area contributed by atoms with Crippen LogP contribution in [0.4, 0.5) is 5.69 Å². The van der Waals surface area contributed by atoms with E-state index in [9.17, 15) is 14.4 Å². The Morgan fingerprint density at radius 3 is 2.67 bits per heavy atom. The molecule has 2 heterocycles. The molecule has 7 nitrogen and oxygen atoms in total. The first-order valence-electron chi connectivity index (χ1n) is 9.48. The van der Waals surface area contributed by atoms with Crippen LogP contribution in [0.1, 0.15) is 38.7 Å². The van der Waals surface area contributed by atoms with E-state index in [-0.39, 0.29) is 24.1 Å². The van der Waals surface area contributed by atoms with Gasteiger partial charge in [-0.05, 0) is 54.4 Å². The summed E-state index contributed by atoms with van der Waals surface area (Å²) in [4.78, 5) is 36.0. The number of nitrogens with one attached hydrogen (secondary N) is 1. The van der Waals surface area contributed by atoms with Crippen molar-refractivity contribution in [2.75, 3.05) is 11.9 Å². The summed E-state index contributed by atoms with van der Waals surface area (Å²) in [5, 5.41) is 2.76. The van der Waals surface area contributed by atoms with E-state index in [2.05, 4.69) is 5.32 Å². The maximum atomic E-state index is 12.4. The maximum absolute atomic E-state index is 12.4.